The number of likely N-dealkylation sites (tertiary alicyclic amines) is 1. The number of hydrogen-bond donors (Lipinski definition) is 1. The van der Waals surface area contributed by atoms with Crippen LogP contribution in [0.5, 0.6) is 0 Å². The zero-order chi connectivity index (χ0) is 23.9. The summed E-state index contributed by atoms with van der Waals surface area (Å²) in [7, 11) is 3.93. The van der Waals surface area contributed by atoms with E-state index in [9.17, 15) is 13.2 Å². The van der Waals surface area contributed by atoms with Crippen molar-refractivity contribution < 1.29 is 13.2 Å². The second-order valence-corrected chi connectivity index (χ2v) is 10.4. The highest BCUT2D eigenvalue weighted by molar-refractivity contribution is 7.99. The lowest BCUT2D eigenvalue weighted by Crippen LogP contribution is -2.37. The fraction of sp³-hybridized carbons (Fsp3) is 0.565. The molecule has 1 aromatic heterocycles. The van der Waals surface area contributed by atoms with Crippen molar-refractivity contribution in [3.05, 3.63) is 47.8 Å². The summed E-state index contributed by atoms with van der Waals surface area (Å²) in [6, 6.07) is 8.11. The summed E-state index contributed by atoms with van der Waals surface area (Å²) < 4.78 is 42.5. The third-order valence-electron chi connectivity index (χ3n) is 7.05. The fourth-order valence-corrected chi connectivity index (χ4v) is 6.32. The maximum atomic E-state index is 13.5. The predicted molar refractivity (Wildman–Crippen MR) is 129 cm³/mol. The Bertz CT molecular complexity index is 1040. The number of aryl methyl sites for hydroxylation is 1. The Kier molecular flexibility index (Phi) is 6.41. The van der Waals surface area contributed by atoms with E-state index in [0.29, 0.717) is 18.2 Å². The number of hydrazone groups is 1. The number of anilines is 1. The lowest BCUT2D eigenvalue weighted by atomic mass is 10.0. The number of hydrogen-bond acceptors (Lipinski definition) is 7. The van der Waals surface area contributed by atoms with Gasteiger partial charge in [-0.15, -0.1) is 11.8 Å². The van der Waals surface area contributed by atoms with Gasteiger partial charge < -0.3 is 14.7 Å². The van der Waals surface area contributed by atoms with Crippen molar-refractivity contribution in [2.75, 3.05) is 43.9 Å². The van der Waals surface area contributed by atoms with Crippen LogP contribution < -0.4 is 10.3 Å². The second-order valence-electron chi connectivity index (χ2n) is 9.18. The van der Waals surface area contributed by atoms with Crippen molar-refractivity contribution in [3.63, 3.8) is 0 Å². The lowest BCUT2D eigenvalue weighted by Gasteiger charge is -2.29. The summed E-state index contributed by atoms with van der Waals surface area (Å²) >= 11 is 1.81. The molecule has 11 heteroatoms. The minimum Gasteiger partial charge on any atom is -0.366 e. The van der Waals surface area contributed by atoms with Gasteiger partial charge in [-0.3, -0.25) is 10.1 Å². The van der Waals surface area contributed by atoms with Crippen LogP contribution in [0.15, 0.2) is 41.6 Å². The molecule has 3 aliphatic heterocycles. The molecule has 2 aromatic rings. The van der Waals surface area contributed by atoms with Crippen LogP contribution in [-0.4, -0.2) is 75.9 Å². The molecular formula is C23H30F3N7S. The van der Waals surface area contributed by atoms with Crippen molar-refractivity contribution in [1.82, 2.24) is 25.0 Å². The highest BCUT2D eigenvalue weighted by atomic mass is 32.2. The fourth-order valence-electron chi connectivity index (χ4n) is 5.35. The number of benzene rings is 1. The third kappa shape index (κ3) is 4.47. The van der Waals surface area contributed by atoms with Gasteiger partial charge >= 0.3 is 6.18 Å². The Morgan fingerprint density at radius 2 is 1.97 bits per heavy atom. The quantitative estimate of drug-likeness (QED) is 0.598. The number of fused-ring (bicyclic) bond motifs is 1. The van der Waals surface area contributed by atoms with E-state index in [1.807, 2.05) is 41.5 Å². The minimum atomic E-state index is -4.33. The van der Waals surface area contributed by atoms with E-state index in [2.05, 4.69) is 25.4 Å². The Balaban J connectivity index is 1.10. The standard InChI is InChI=1S/C23H30F3N7S/c1-30-21(19-8-10-27-31(19)2)28-29-22(30)34-13-5-11-32-14-16-9-12-33(20(16)15-32)18-7-4-3-6-17(18)23(24,25)26/h3-4,6-8,10,16,20,22,29H,5,9,11-15H2,1-2H3. The average molecular weight is 494 g/mol. The van der Waals surface area contributed by atoms with Crippen LogP contribution in [0.2, 0.25) is 0 Å². The highest BCUT2D eigenvalue weighted by Crippen LogP contribution is 2.41. The first-order valence-corrected chi connectivity index (χ1v) is 12.7. The van der Waals surface area contributed by atoms with Crippen molar-refractivity contribution in [2.45, 2.75) is 30.6 Å². The van der Waals surface area contributed by atoms with E-state index < -0.39 is 11.7 Å². The number of para-hydroxylation sites is 1. The zero-order valence-corrected chi connectivity index (χ0v) is 20.2. The van der Waals surface area contributed by atoms with E-state index in [1.165, 1.54) is 12.1 Å². The molecular weight excluding hydrogens is 463 g/mol. The minimum absolute atomic E-state index is 0.0808. The Hall–Kier alpha value is -2.40. The van der Waals surface area contributed by atoms with Gasteiger partial charge in [-0.1, -0.05) is 12.1 Å². The molecule has 7 nitrogen and oxygen atoms in total. The molecule has 184 valence electrons. The highest BCUT2D eigenvalue weighted by Gasteiger charge is 2.44. The number of nitrogens with zero attached hydrogens (tertiary/aromatic N) is 6. The molecule has 3 atom stereocenters. The van der Waals surface area contributed by atoms with E-state index in [0.717, 1.165) is 49.8 Å². The maximum Gasteiger partial charge on any atom is 0.418 e. The Morgan fingerprint density at radius 3 is 2.74 bits per heavy atom. The Labute approximate surface area is 202 Å². The van der Waals surface area contributed by atoms with Gasteiger partial charge in [0, 0.05) is 51.7 Å². The lowest BCUT2D eigenvalue weighted by molar-refractivity contribution is -0.137. The van der Waals surface area contributed by atoms with Crippen molar-refractivity contribution >= 4 is 23.3 Å². The molecule has 0 aliphatic carbocycles. The van der Waals surface area contributed by atoms with Gasteiger partial charge in [0.05, 0.1) is 5.56 Å². The molecule has 2 saturated heterocycles. The smallest absolute Gasteiger partial charge is 0.366 e. The van der Waals surface area contributed by atoms with E-state index in [4.69, 9.17) is 0 Å². The van der Waals surface area contributed by atoms with E-state index in [-0.39, 0.29) is 11.5 Å². The van der Waals surface area contributed by atoms with Gasteiger partial charge in [-0.2, -0.15) is 23.4 Å². The SMILES string of the molecule is CN1C(c2ccnn2C)=NNC1SCCCN1CC2CCN(c3ccccc3C(F)(F)F)C2C1. The molecule has 3 aliphatic rings. The van der Waals surface area contributed by atoms with Crippen molar-refractivity contribution in [3.8, 4) is 0 Å². The predicted octanol–water partition coefficient (Wildman–Crippen LogP) is 3.25. The molecule has 5 rings (SSSR count). The number of aromatic nitrogens is 2. The first kappa shape index (κ1) is 23.3. The summed E-state index contributed by atoms with van der Waals surface area (Å²) in [5.41, 5.74) is 4.06. The molecule has 0 amide bonds. The molecule has 3 unspecified atom stereocenters. The summed E-state index contributed by atoms with van der Waals surface area (Å²) in [4.78, 5) is 6.54. The number of halogens is 3. The average Bonchev–Trinajstić information content (AvgIpc) is 3.56. The summed E-state index contributed by atoms with van der Waals surface area (Å²) in [6.45, 7) is 3.46. The number of amidine groups is 1. The molecule has 34 heavy (non-hydrogen) atoms. The largest absolute Gasteiger partial charge is 0.418 e. The molecule has 0 saturated carbocycles. The first-order chi connectivity index (χ1) is 16.3. The van der Waals surface area contributed by atoms with Gasteiger partial charge in [0.25, 0.3) is 0 Å². The van der Waals surface area contributed by atoms with Gasteiger partial charge in [-0.05, 0) is 49.3 Å². The maximum absolute atomic E-state index is 13.5. The molecule has 0 radical (unpaired) electrons. The Morgan fingerprint density at radius 1 is 1.15 bits per heavy atom. The summed E-state index contributed by atoms with van der Waals surface area (Å²) in [6.07, 6.45) is -0.588. The van der Waals surface area contributed by atoms with Crippen LogP contribution >= 0.6 is 11.8 Å². The number of thioether (sulfide) groups is 1. The van der Waals surface area contributed by atoms with Gasteiger partial charge in [0.1, 0.15) is 5.69 Å². The molecule has 4 heterocycles. The van der Waals surface area contributed by atoms with Crippen LogP contribution in [0, 0.1) is 5.92 Å². The molecule has 0 bridgehead atoms. The van der Waals surface area contributed by atoms with Gasteiger partial charge in [0.15, 0.2) is 11.3 Å². The van der Waals surface area contributed by atoms with Crippen LogP contribution in [-0.2, 0) is 13.2 Å². The normalized spacial score (nSPS) is 25.1. The van der Waals surface area contributed by atoms with Gasteiger partial charge in [0.2, 0.25) is 0 Å². The van der Waals surface area contributed by atoms with Crippen LogP contribution in [0.1, 0.15) is 24.1 Å². The molecule has 0 spiro atoms. The second kappa shape index (κ2) is 9.33. The van der Waals surface area contributed by atoms with E-state index >= 15 is 0 Å². The van der Waals surface area contributed by atoms with Crippen molar-refractivity contribution in [1.29, 1.82) is 0 Å². The molecule has 1 N–H and O–H groups in total. The first-order valence-electron chi connectivity index (χ1n) is 11.6. The topological polar surface area (TPSA) is 51.9 Å². The summed E-state index contributed by atoms with van der Waals surface area (Å²) in [5, 5.41) is 8.69. The van der Waals surface area contributed by atoms with Crippen molar-refractivity contribution in [2.24, 2.45) is 18.1 Å². The van der Waals surface area contributed by atoms with E-state index in [1.54, 1.807) is 18.3 Å². The van der Waals surface area contributed by atoms with Crippen LogP contribution in [0.3, 0.4) is 0 Å². The number of rotatable bonds is 7. The molecule has 1 aromatic carbocycles. The summed E-state index contributed by atoms with van der Waals surface area (Å²) in [5.74, 6) is 2.29. The number of nitrogens with one attached hydrogen (secondary N) is 1. The van der Waals surface area contributed by atoms with Gasteiger partial charge in [-0.25, -0.2) is 0 Å². The third-order valence-corrected chi connectivity index (χ3v) is 8.32. The molecule has 2 fully saturated rings. The number of alkyl halides is 3. The van der Waals surface area contributed by atoms with Crippen LogP contribution in [0.25, 0.3) is 0 Å². The monoisotopic (exact) mass is 493 g/mol. The van der Waals surface area contributed by atoms with Crippen LogP contribution in [0.4, 0.5) is 18.9 Å². The zero-order valence-electron chi connectivity index (χ0n) is 19.4.